The molecule has 0 aliphatic rings. The molecule has 0 aliphatic carbocycles. The molecule has 0 aliphatic heterocycles. The van der Waals surface area contributed by atoms with Gasteiger partial charge in [-0.2, -0.15) is 0 Å². The van der Waals surface area contributed by atoms with E-state index in [-0.39, 0.29) is 5.56 Å². The quantitative estimate of drug-likeness (QED) is 0.616. The standard InChI is InChI=1S/C15H9FOS/c16-13-6-5-11(7-12(13)9-17)15-8-10-3-1-2-4-14(10)18-15/h1-9H. The lowest BCUT2D eigenvalue weighted by molar-refractivity contribution is 0.112. The number of carbonyl (C=O) groups excluding carboxylic acids is 1. The van der Waals surface area contributed by atoms with Gasteiger partial charge in [-0.1, -0.05) is 24.3 Å². The van der Waals surface area contributed by atoms with Crippen LogP contribution in [0.15, 0.2) is 48.5 Å². The van der Waals surface area contributed by atoms with Crippen LogP contribution < -0.4 is 0 Å². The summed E-state index contributed by atoms with van der Waals surface area (Å²) in [6, 6.07) is 14.8. The summed E-state index contributed by atoms with van der Waals surface area (Å²) in [6.07, 6.45) is 0.548. The Hall–Kier alpha value is -2.00. The van der Waals surface area contributed by atoms with Gasteiger partial charge in [0.2, 0.25) is 0 Å². The Morgan fingerprint density at radius 1 is 1.06 bits per heavy atom. The fraction of sp³-hybridized carbons (Fsp3) is 0. The molecule has 88 valence electrons. The molecular formula is C15H9FOS. The SMILES string of the molecule is O=Cc1cc(-c2cc3ccccc3s2)ccc1F. The van der Waals surface area contributed by atoms with Gasteiger partial charge in [-0.25, -0.2) is 4.39 Å². The fourth-order valence-electron chi connectivity index (χ4n) is 1.91. The van der Waals surface area contributed by atoms with Crippen LogP contribution in [-0.4, -0.2) is 6.29 Å². The third-order valence-electron chi connectivity index (χ3n) is 2.83. The summed E-state index contributed by atoms with van der Waals surface area (Å²) in [5, 5.41) is 1.16. The molecule has 0 bridgehead atoms. The normalized spacial score (nSPS) is 10.7. The highest BCUT2D eigenvalue weighted by Crippen LogP contribution is 2.33. The van der Waals surface area contributed by atoms with E-state index in [4.69, 9.17) is 0 Å². The zero-order valence-corrected chi connectivity index (χ0v) is 10.2. The van der Waals surface area contributed by atoms with Crippen LogP contribution in [0.25, 0.3) is 20.5 Å². The minimum atomic E-state index is -0.477. The van der Waals surface area contributed by atoms with E-state index in [1.165, 1.54) is 10.8 Å². The van der Waals surface area contributed by atoms with Crippen LogP contribution in [0, 0.1) is 5.82 Å². The highest BCUT2D eigenvalue weighted by atomic mass is 32.1. The monoisotopic (exact) mass is 256 g/mol. The molecule has 0 amide bonds. The van der Waals surface area contributed by atoms with Crippen molar-refractivity contribution in [3.05, 3.63) is 59.9 Å². The van der Waals surface area contributed by atoms with Gasteiger partial charge >= 0.3 is 0 Å². The summed E-state index contributed by atoms with van der Waals surface area (Å²) >= 11 is 1.64. The van der Waals surface area contributed by atoms with Crippen LogP contribution in [0.5, 0.6) is 0 Å². The Morgan fingerprint density at radius 3 is 2.67 bits per heavy atom. The number of hydrogen-bond donors (Lipinski definition) is 0. The van der Waals surface area contributed by atoms with Crippen molar-refractivity contribution in [2.45, 2.75) is 0 Å². The molecule has 3 aromatic rings. The summed E-state index contributed by atoms with van der Waals surface area (Å²) in [7, 11) is 0. The van der Waals surface area contributed by atoms with Gasteiger partial charge in [0, 0.05) is 9.58 Å². The Bertz CT molecular complexity index is 697. The molecule has 0 saturated carbocycles. The first-order chi connectivity index (χ1) is 8.78. The Morgan fingerprint density at radius 2 is 1.89 bits per heavy atom. The average molecular weight is 256 g/mol. The molecule has 3 rings (SSSR count). The van der Waals surface area contributed by atoms with Gasteiger partial charge in [0.25, 0.3) is 0 Å². The first kappa shape index (κ1) is 11.1. The van der Waals surface area contributed by atoms with Crippen LogP contribution in [-0.2, 0) is 0 Å². The molecule has 0 unspecified atom stereocenters. The molecule has 2 aromatic carbocycles. The zero-order chi connectivity index (χ0) is 12.5. The van der Waals surface area contributed by atoms with Crippen molar-refractivity contribution in [1.82, 2.24) is 0 Å². The minimum absolute atomic E-state index is 0.102. The lowest BCUT2D eigenvalue weighted by Gasteiger charge is -1.99. The van der Waals surface area contributed by atoms with Gasteiger partial charge in [0.1, 0.15) is 5.82 Å². The Kier molecular flexibility index (Phi) is 2.68. The number of aldehydes is 1. The maximum Gasteiger partial charge on any atom is 0.153 e. The number of benzene rings is 2. The fourth-order valence-corrected chi connectivity index (χ4v) is 2.97. The third kappa shape index (κ3) is 1.83. The predicted octanol–water partition coefficient (Wildman–Crippen LogP) is 4.52. The molecule has 18 heavy (non-hydrogen) atoms. The Labute approximate surface area is 108 Å². The second-order valence-corrected chi connectivity index (χ2v) is 5.09. The first-order valence-electron chi connectivity index (χ1n) is 5.51. The summed E-state index contributed by atoms with van der Waals surface area (Å²) in [5.74, 6) is -0.477. The van der Waals surface area contributed by atoms with Crippen molar-refractivity contribution in [2.24, 2.45) is 0 Å². The molecule has 0 N–H and O–H groups in total. The van der Waals surface area contributed by atoms with E-state index in [0.717, 1.165) is 15.8 Å². The van der Waals surface area contributed by atoms with Crippen LogP contribution in [0.2, 0.25) is 0 Å². The zero-order valence-electron chi connectivity index (χ0n) is 9.39. The van der Waals surface area contributed by atoms with Crippen LogP contribution >= 0.6 is 11.3 Å². The van der Waals surface area contributed by atoms with E-state index in [1.54, 1.807) is 23.5 Å². The van der Waals surface area contributed by atoms with Crippen molar-refractivity contribution in [1.29, 1.82) is 0 Å². The van der Waals surface area contributed by atoms with E-state index >= 15 is 0 Å². The molecule has 0 fully saturated rings. The molecular weight excluding hydrogens is 247 g/mol. The summed E-state index contributed by atoms with van der Waals surface area (Å²) in [4.78, 5) is 11.8. The van der Waals surface area contributed by atoms with Gasteiger partial charge in [0.05, 0.1) is 5.56 Å². The van der Waals surface area contributed by atoms with Crippen LogP contribution in [0.1, 0.15) is 10.4 Å². The molecule has 1 aromatic heterocycles. The molecule has 0 atom stereocenters. The summed E-state index contributed by atoms with van der Waals surface area (Å²) in [6.45, 7) is 0. The van der Waals surface area contributed by atoms with Gasteiger partial charge in [-0.05, 0) is 35.2 Å². The second-order valence-electron chi connectivity index (χ2n) is 4.00. The minimum Gasteiger partial charge on any atom is -0.298 e. The lowest BCUT2D eigenvalue weighted by atomic mass is 10.1. The number of carbonyl (C=O) groups is 1. The average Bonchev–Trinajstić information content (AvgIpc) is 2.83. The van der Waals surface area contributed by atoms with Gasteiger partial charge < -0.3 is 0 Å². The molecule has 0 radical (unpaired) electrons. The smallest absolute Gasteiger partial charge is 0.153 e. The lowest BCUT2D eigenvalue weighted by Crippen LogP contribution is -1.87. The second kappa shape index (κ2) is 4.35. The van der Waals surface area contributed by atoms with Crippen molar-refractivity contribution in [3.8, 4) is 10.4 Å². The van der Waals surface area contributed by atoms with Crippen molar-refractivity contribution in [3.63, 3.8) is 0 Å². The van der Waals surface area contributed by atoms with E-state index in [0.29, 0.717) is 6.29 Å². The van der Waals surface area contributed by atoms with E-state index in [9.17, 15) is 9.18 Å². The highest BCUT2D eigenvalue weighted by Gasteiger charge is 2.07. The number of halogens is 1. The summed E-state index contributed by atoms with van der Waals surface area (Å²) < 4.78 is 14.4. The van der Waals surface area contributed by atoms with Gasteiger partial charge in [0.15, 0.2) is 6.29 Å². The number of fused-ring (bicyclic) bond motifs is 1. The highest BCUT2D eigenvalue weighted by molar-refractivity contribution is 7.22. The molecule has 0 saturated heterocycles. The topological polar surface area (TPSA) is 17.1 Å². The molecule has 1 nitrogen and oxygen atoms in total. The first-order valence-corrected chi connectivity index (χ1v) is 6.33. The van der Waals surface area contributed by atoms with Gasteiger partial charge in [-0.3, -0.25) is 4.79 Å². The van der Waals surface area contributed by atoms with Crippen LogP contribution in [0.4, 0.5) is 4.39 Å². The van der Waals surface area contributed by atoms with Crippen molar-refractivity contribution < 1.29 is 9.18 Å². The summed E-state index contributed by atoms with van der Waals surface area (Å²) in [5.41, 5.74) is 0.977. The molecule has 0 spiro atoms. The van der Waals surface area contributed by atoms with Crippen molar-refractivity contribution >= 4 is 27.7 Å². The molecule has 1 heterocycles. The van der Waals surface area contributed by atoms with Gasteiger partial charge in [-0.15, -0.1) is 11.3 Å². The number of hydrogen-bond acceptors (Lipinski definition) is 2. The molecule has 3 heteroatoms. The largest absolute Gasteiger partial charge is 0.298 e. The maximum absolute atomic E-state index is 13.3. The predicted molar refractivity (Wildman–Crippen MR) is 72.6 cm³/mol. The third-order valence-corrected chi connectivity index (χ3v) is 4.00. The Balaban J connectivity index is 2.16. The van der Waals surface area contributed by atoms with Crippen molar-refractivity contribution in [2.75, 3.05) is 0 Å². The number of thiophene rings is 1. The maximum atomic E-state index is 13.3. The van der Waals surface area contributed by atoms with E-state index < -0.39 is 5.82 Å². The van der Waals surface area contributed by atoms with E-state index in [1.807, 2.05) is 24.3 Å². The number of rotatable bonds is 2. The van der Waals surface area contributed by atoms with E-state index in [2.05, 4.69) is 6.07 Å². The van der Waals surface area contributed by atoms with Crippen LogP contribution in [0.3, 0.4) is 0 Å².